The minimum Gasteiger partial charge on any atom is -0.456 e. The first-order valence-electron chi connectivity index (χ1n) is 16.8. The van der Waals surface area contributed by atoms with Crippen molar-refractivity contribution >= 4 is 103 Å². The van der Waals surface area contributed by atoms with Gasteiger partial charge in [0.1, 0.15) is 16.7 Å². The highest BCUT2D eigenvalue weighted by molar-refractivity contribution is 7.27. The first-order chi connectivity index (χ1) is 24.8. The van der Waals surface area contributed by atoms with Crippen molar-refractivity contribution in [1.82, 2.24) is 0 Å². The van der Waals surface area contributed by atoms with E-state index >= 15 is 0 Å². The van der Waals surface area contributed by atoms with E-state index in [2.05, 4.69) is 157 Å². The van der Waals surface area contributed by atoms with E-state index in [9.17, 15) is 0 Å². The third-order valence-corrected chi connectivity index (χ3v) is 11.3. The van der Waals surface area contributed by atoms with Gasteiger partial charge in [-0.25, -0.2) is 0 Å². The Morgan fingerprint density at radius 1 is 0.400 bits per heavy atom. The molecule has 11 rings (SSSR count). The van der Waals surface area contributed by atoms with Crippen molar-refractivity contribution in [2.75, 3.05) is 4.90 Å². The molecule has 0 spiro atoms. The van der Waals surface area contributed by atoms with Crippen LogP contribution in [0, 0.1) is 0 Å². The summed E-state index contributed by atoms with van der Waals surface area (Å²) in [4.78, 5) is 2.30. The molecule has 0 bridgehead atoms. The van der Waals surface area contributed by atoms with E-state index in [1.54, 1.807) is 0 Å². The minimum atomic E-state index is 0.851. The first-order valence-corrected chi connectivity index (χ1v) is 17.7. The van der Waals surface area contributed by atoms with Crippen LogP contribution in [0.5, 0.6) is 0 Å². The second-order valence-electron chi connectivity index (χ2n) is 12.8. The number of hydrogen-bond donors (Lipinski definition) is 0. The monoisotopic (exact) mass is 657 g/mol. The van der Waals surface area contributed by atoms with Crippen molar-refractivity contribution in [3.8, 4) is 11.1 Å². The van der Waals surface area contributed by atoms with E-state index in [0.717, 1.165) is 60.9 Å². The van der Waals surface area contributed by atoms with Crippen molar-refractivity contribution in [2.45, 2.75) is 0 Å². The molecule has 0 amide bonds. The molecule has 0 saturated carbocycles. The lowest BCUT2D eigenvalue weighted by molar-refractivity contribution is 0.668. The van der Waals surface area contributed by atoms with Crippen LogP contribution in [-0.4, -0.2) is 0 Å². The van der Waals surface area contributed by atoms with Crippen LogP contribution in [0.15, 0.2) is 173 Å². The zero-order chi connectivity index (χ0) is 32.8. The van der Waals surface area contributed by atoms with Crippen LogP contribution >= 0.6 is 11.3 Å². The third-order valence-electron chi connectivity index (χ3n) is 10.1. The molecule has 0 aliphatic carbocycles. The fourth-order valence-corrected chi connectivity index (χ4v) is 9.04. The summed E-state index contributed by atoms with van der Waals surface area (Å²) in [6.07, 6.45) is 0. The van der Waals surface area contributed by atoms with Gasteiger partial charge in [-0.05, 0) is 59.0 Å². The fraction of sp³-hybridized carbons (Fsp3) is 0. The second-order valence-corrected chi connectivity index (χ2v) is 13.9. The van der Waals surface area contributed by atoms with Crippen molar-refractivity contribution in [3.63, 3.8) is 0 Å². The van der Waals surface area contributed by atoms with Gasteiger partial charge in [0.25, 0.3) is 0 Å². The summed E-state index contributed by atoms with van der Waals surface area (Å²) in [6, 6.07) is 58.0. The van der Waals surface area contributed by atoms with Crippen molar-refractivity contribution in [2.24, 2.45) is 0 Å². The van der Waals surface area contributed by atoms with Gasteiger partial charge in [-0.3, -0.25) is 0 Å². The molecule has 4 heteroatoms. The molecule has 0 unspecified atom stereocenters. The van der Waals surface area contributed by atoms with E-state index in [0.29, 0.717) is 0 Å². The van der Waals surface area contributed by atoms with Crippen LogP contribution in [0.1, 0.15) is 0 Å². The van der Waals surface area contributed by atoms with E-state index in [1.165, 1.54) is 42.1 Å². The topological polar surface area (TPSA) is 29.5 Å². The van der Waals surface area contributed by atoms with Gasteiger partial charge in [0.15, 0.2) is 5.58 Å². The Morgan fingerprint density at radius 2 is 1.06 bits per heavy atom. The van der Waals surface area contributed by atoms with E-state index in [-0.39, 0.29) is 0 Å². The Balaban J connectivity index is 1.21. The van der Waals surface area contributed by atoms with Gasteiger partial charge in [-0.15, -0.1) is 11.3 Å². The average molecular weight is 658 g/mol. The van der Waals surface area contributed by atoms with Crippen LogP contribution in [-0.2, 0) is 0 Å². The number of furan rings is 2. The number of thiophene rings is 1. The molecular formula is C46H27NO2S. The highest BCUT2D eigenvalue weighted by Crippen LogP contribution is 2.50. The van der Waals surface area contributed by atoms with Crippen LogP contribution in [0.2, 0.25) is 0 Å². The van der Waals surface area contributed by atoms with E-state index in [4.69, 9.17) is 8.83 Å². The van der Waals surface area contributed by atoms with Gasteiger partial charge in [0, 0.05) is 58.9 Å². The smallest absolute Gasteiger partial charge is 0.159 e. The minimum absolute atomic E-state index is 0.851. The molecule has 0 saturated heterocycles. The number of nitrogens with zero attached hydrogens (tertiary/aromatic N) is 1. The maximum Gasteiger partial charge on any atom is 0.159 e. The Morgan fingerprint density at radius 3 is 1.92 bits per heavy atom. The molecule has 8 aromatic carbocycles. The van der Waals surface area contributed by atoms with E-state index < -0.39 is 0 Å². The lowest BCUT2D eigenvalue weighted by Gasteiger charge is -2.25. The summed E-state index contributed by atoms with van der Waals surface area (Å²) >= 11 is 1.84. The van der Waals surface area contributed by atoms with Gasteiger partial charge >= 0.3 is 0 Å². The highest BCUT2D eigenvalue weighted by Gasteiger charge is 2.24. The Hall–Kier alpha value is -6.36. The van der Waals surface area contributed by atoms with Gasteiger partial charge in [0.2, 0.25) is 0 Å². The molecule has 234 valence electrons. The molecular weight excluding hydrogens is 631 g/mol. The van der Waals surface area contributed by atoms with Gasteiger partial charge in [-0.2, -0.15) is 0 Å². The molecule has 3 nitrogen and oxygen atoms in total. The third kappa shape index (κ3) is 3.97. The molecule has 3 heterocycles. The summed E-state index contributed by atoms with van der Waals surface area (Å²) in [5.41, 5.74) is 8.88. The quantitative estimate of drug-likeness (QED) is 0.189. The molecule has 0 fully saturated rings. The van der Waals surface area contributed by atoms with Gasteiger partial charge in [0.05, 0.1) is 11.4 Å². The number of para-hydroxylation sites is 2. The van der Waals surface area contributed by atoms with Gasteiger partial charge in [-0.1, -0.05) is 115 Å². The normalized spacial score (nSPS) is 12.0. The maximum absolute atomic E-state index is 7.17. The average Bonchev–Trinajstić information content (AvgIpc) is 3.87. The molecule has 0 aliphatic rings. The molecule has 50 heavy (non-hydrogen) atoms. The van der Waals surface area contributed by atoms with Crippen molar-refractivity contribution in [3.05, 3.63) is 164 Å². The number of rotatable bonds is 4. The van der Waals surface area contributed by atoms with Crippen molar-refractivity contribution < 1.29 is 8.83 Å². The van der Waals surface area contributed by atoms with Crippen LogP contribution < -0.4 is 4.90 Å². The van der Waals surface area contributed by atoms with E-state index in [1.807, 2.05) is 23.5 Å². The number of hydrogen-bond acceptors (Lipinski definition) is 4. The second kappa shape index (κ2) is 10.6. The number of benzene rings is 8. The predicted molar refractivity (Wildman–Crippen MR) is 212 cm³/mol. The zero-order valence-corrected chi connectivity index (χ0v) is 27.6. The zero-order valence-electron chi connectivity index (χ0n) is 26.8. The Kier molecular flexibility index (Phi) is 5.83. The first kappa shape index (κ1) is 27.6. The van der Waals surface area contributed by atoms with Gasteiger partial charge < -0.3 is 13.7 Å². The summed E-state index contributed by atoms with van der Waals surface area (Å²) in [7, 11) is 0. The lowest BCUT2D eigenvalue weighted by Crippen LogP contribution is -2.10. The van der Waals surface area contributed by atoms with Crippen LogP contribution in [0.25, 0.3) is 85.9 Å². The standard InChI is InChI=1S/C46H27NO2S/c1-2-11-28(12-3-1)29-21-23-30(24-22-29)47(31-25-26-33-32-13-6-8-19-39(32)48-40(33)27-31)38-18-10-17-37-42-34-14-4-5-15-35(34)46-43(45(42)49-44(37)38)36-16-7-9-20-41(36)50-46/h1-27H. The summed E-state index contributed by atoms with van der Waals surface area (Å²) in [6.45, 7) is 0. The largest absolute Gasteiger partial charge is 0.456 e. The summed E-state index contributed by atoms with van der Waals surface area (Å²) in [5.74, 6) is 0. The fourth-order valence-electron chi connectivity index (χ4n) is 7.80. The highest BCUT2D eigenvalue weighted by atomic mass is 32.1. The molecule has 3 aromatic heterocycles. The molecule has 0 atom stereocenters. The van der Waals surface area contributed by atoms with Crippen molar-refractivity contribution in [1.29, 1.82) is 0 Å². The SMILES string of the molecule is c1ccc(-c2ccc(N(c3ccc4c(c3)oc3ccccc34)c3cccc4c3oc3c4c4ccccc4c4sc5ccccc5c34)cc2)cc1. The maximum atomic E-state index is 7.17. The molecule has 0 radical (unpaired) electrons. The molecule has 11 aromatic rings. The predicted octanol–water partition coefficient (Wildman–Crippen LogP) is 14.1. The van der Waals surface area contributed by atoms with Crippen LogP contribution in [0.4, 0.5) is 17.1 Å². The summed E-state index contributed by atoms with van der Waals surface area (Å²) < 4.78 is 16.1. The summed E-state index contributed by atoms with van der Waals surface area (Å²) in [5, 5.41) is 9.35. The lowest BCUT2D eigenvalue weighted by atomic mass is 9.99. The Bertz CT molecular complexity index is 3090. The van der Waals surface area contributed by atoms with Crippen LogP contribution in [0.3, 0.4) is 0 Å². The Labute approximate surface area is 290 Å². The molecule has 0 aliphatic heterocycles. The number of anilines is 3. The molecule has 0 N–H and O–H groups in total. The number of fused-ring (bicyclic) bond motifs is 13.